The molecule has 0 fully saturated rings. The zero-order valence-corrected chi connectivity index (χ0v) is 9.07. The maximum Gasteiger partial charge on any atom is 0.185 e. The molecule has 0 spiro atoms. The summed E-state index contributed by atoms with van der Waals surface area (Å²) in [6.07, 6.45) is 2.44. The van der Waals surface area contributed by atoms with Gasteiger partial charge in [0.15, 0.2) is 5.12 Å². The van der Waals surface area contributed by atoms with Crippen LogP contribution in [0, 0.1) is 18.8 Å². The minimum Gasteiger partial charge on any atom is -0.288 e. The second-order valence-corrected chi connectivity index (χ2v) is 4.07. The van der Waals surface area contributed by atoms with Gasteiger partial charge in [0.2, 0.25) is 0 Å². The summed E-state index contributed by atoms with van der Waals surface area (Å²) >= 11 is 1.31. The molecule has 0 aliphatic carbocycles. The van der Waals surface area contributed by atoms with Crippen molar-refractivity contribution in [3.05, 3.63) is 17.5 Å². The fourth-order valence-corrected chi connectivity index (χ4v) is 1.37. The number of aromatic nitrogens is 2. The van der Waals surface area contributed by atoms with Gasteiger partial charge >= 0.3 is 0 Å². The number of aryl methyl sites for hydroxylation is 1. The van der Waals surface area contributed by atoms with Crippen LogP contribution in [-0.4, -0.2) is 21.1 Å². The number of carbonyl (C=O) groups excluding carboxylic acids is 1. The minimum absolute atomic E-state index is 0.145. The second-order valence-electron chi connectivity index (χ2n) is 2.80. The SMILES string of the molecule is CC(=O)SCCC#Cc1cn[nH]c1C. The van der Waals surface area contributed by atoms with E-state index >= 15 is 0 Å². The summed E-state index contributed by atoms with van der Waals surface area (Å²) in [5.74, 6) is 6.76. The lowest BCUT2D eigenvalue weighted by atomic mass is 10.2. The zero-order valence-electron chi connectivity index (χ0n) is 8.26. The normalized spacial score (nSPS) is 9.29. The molecule has 0 aromatic carbocycles. The summed E-state index contributed by atoms with van der Waals surface area (Å²) in [5.41, 5.74) is 1.91. The van der Waals surface area contributed by atoms with Crippen LogP contribution in [0.15, 0.2) is 6.20 Å². The summed E-state index contributed by atoms with van der Waals surface area (Å²) in [7, 11) is 0. The van der Waals surface area contributed by atoms with E-state index in [1.165, 1.54) is 11.8 Å². The maximum atomic E-state index is 10.6. The maximum absolute atomic E-state index is 10.6. The molecule has 14 heavy (non-hydrogen) atoms. The van der Waals surface area contributed by atoms with Crippen LogP contribution < -0.4 is 0 Å². The molecule has 3 nitrogen and oxygen atoms in total. The Balaban J connectivity index is 2.34. The highest BCUT2D eigenvalue weighted by Gasteiger charge is 1.94. The summed E-state index contributed by atoms with van der Waals surface area (Å²) in [6, 6.07) is 0. The Bertz CT molecular complexity index is 373. The first-order valence-electron chi connectivity index (χ1n) is 4.32. The summed E-state index contributed by atoms with van der Waals surface area (Å²) in [5, 5.41) is 6.82. The van der Waals surface area contributed by atoms with E-state index in [9.17, 15) is 4.79 Å². The van der Waals surface area contributed by atoms with E-state index in [4.69, 9.17) is 0 Å². The van der Waals surface area contributed by atoms with Crippen LogP contribution in [0.3, 0.4) is 0 Å². The lowest BCUT2D eigenvalue weighted by Gasteiger charge is -1.88. The van der Waals surface area contributed by atoms with E-state index in [1.807, 2.05) is 6.92 Å². The first-order valence-corrected chi connectivity index (χ1v) is 5.31. The minimum atomic E-state index is 0.145. The van der Waals surface area contributed by atoms with Crippen molar-refractivity contribution in [1.82, 2.24) is 10.2 Å². The smallest absolute Gasteiger partial charge is 0.185 e. The molecular formula is C10H12N2OS. The van der Waals surface area contributed by atoms with Crippen molar-refractivity contribution in [1.29, 1.82) is 0 Å². The summed E-state index contributed by atoms with van der Waals surface area (Å²) in [6.45, 7) is 3.50. The third-order valence-corrected chi connectivity index (χ3v) is 2.40. The second kappa shape index (κ2) is 5.51. The predicted octanol–water partition coefficient (Wildman–Crippen LogP) is 1.74. The third-order valence-electron chi connectivity index (χ3n) is 1.59. The van der Waals surface area contributed by atoms with Crippen LogP contribution in [0.4, 0.5) is 0 Å². The number of H-pyrrole nitrogens is 1. The van der Waals surface area contributed by atoms with Gasteiger partial charge in [-0.3, -0.25) is 9.89 Å². The Morgan fingerprint density at radius 3 is 3.07 bits per heavy atom. The molecule has 4 heteroatoms. The number of aromatic amines is 1. The average Bonchev–Trinajstić information content (AvgIpc) is 2.51. The van der Waals surface area contributed by atoms with Gasteiger partial charge in [0.05, 0.1) is 11.8 Å². The van der Waals surface area contributed by atoms with Crippen molar-refractivity contribution >= 4 is 16.9 Å². The summed E-state index contributed by atoms with van der Waals surface area (Å²) < 4.78 is 0. The third kappa shape index (κ3) is 3.67. The van der Waals surface area contributed by atoms with Gasteiger partial charge in [0.1, 0.15) is 0 Å². The lowest BCUT2D eigenvalue weighted by Crippen LogP contribution is -1.84. The van der Waals surface area contributed by atoms with Crippen molar-refractivity contribution < 1.29 is 4.79 Å². The van der Waals surface area contributed by atoms with E-state index in [0.717, 1.165) is 23.4 Å². The molecule has 0 aliphatic heterocycles. The van der Waals surface area contributed by atoms with Gasteiger partial charge in [-0.25, -0.2) is 0 Å². The van der Waals surface area contributed by atoms with Crippen LogP contribution in [0.25, 0.3) is 0 Å². The van der Waals surface area contributed by atoms with E-state index in [2.05, 4.69) is 22.0 Å². The molecule has 74 valence electrons. The molecule has 1 aromatic heterocycles. The van der Waals surface area contributed by atoms with E-state index in [0.29, 0.717) is 0 Å². The first kappa shape index (κ1) is 10.9. The van der Waals surface area contributed by atoms with Crippen molar-refractivity contribution in [2.24, 2.45) is 0 Å². The van der Waals surface area contributed by atoms with Gasteiger partial charge in [-0.15, -0.1) is 0 Å². The average molecular weight is 208 g/mol. The molecule has 0 atom stereocenters. The molecule has 0 radical (unpaired) electrons. The lowest BCUT2D eigenvalue weighted by molar-refractivity contribution is -0.109. The molecule has 0 bridgehead atoms. The van der Waals surface area contributed by atoms with Crippen LogP contribution in [0.5, 0.6) is 0 Å². The molecule has 0 saturated heterocycles. The number of hydrogen-bond donors (Lipinski definition) is 1. The van der Waals surface area contributed by atoms with Gasteiger partial charge in [0.25, 0.3) is 0 Å². The number of thioether (sulfide) groups is 1. The largest absolute Gasteiger partial charge is 0.288 e. The fraction of sp³-hybridized carbons (Fsp3) is 0.400. The highest BCUT2D eigenvalue weighted by Crippen LogP contribution is 2.03. The van der Waals surface area contributed by atoms with E-state index < -0.39 is 0 Å². The quantitative estimate of drug-likeness (QED) is 0.595. The fourth-order valence-electron chi connectivity index (χ4n) is 0.880. The number of hydrogen-bond acceptors (Lipinski definition) is 3. The van der Waals surface area contributed by atoms with Crippen LogP contribution >= 0.6 is 11.8 Å². The van der Waals surface area contributed by atoms with Gasteiger partial charge in [-0.1, -0.05) is 23.6 Å². The van der Waals surface area contributed by atoms with Gasteiger partial charge in [-0.05, 0) is 6.92 Å². The Morgan fingerprint density at radius 2 is 2.50 bits per heavy atom. The monoisotopic (exact) mass is 208 g/mol. The zero-order chi connectivity index (χ0) is 10.4. The van der Waals surface area contributed by atoms with Crippen molar-refractivity contribution in [3.63, 3.8) is 0 Å². The highest BCUT2D eigenvalue weighted by molar-refractivity contribution is 8.13. The Morgan fingerprint density at radius 1 is 1.71 bits per heavy atom. The molecule has 1 N–H and O–H groups in total. The van der Waals surface area contributed by atoms with Crippen LogP contribution in [-0.2, 0) is 4.79 Å². The van der Waals surface area contributed by atoms with Crippen molar-refractivity contribution in [2.45, 2.75) is 20.3 Å². The molecule has 0 saturated carbocycles. The first-order chi connectivity index (χ1) is 6.70. The number of rotatable bonds is 2. The molecule has 0 amide bonds. The van der Waals surface area contributed by atoms with Crippen molar-refractivity contribution in [3.8, 4) is 11.8 Å². The molecular weight excluding hydrogens is 196 g/mol. The van der Waals surface area contributed by atoms with Crippen LogP contribution in [0.2, 0.25) is 0 Å². The Hall–Kier alpha value is -1.21. The summed E-state index contributed by atoms with van der Waals surface area (Å²) in [4.78, 5) is 10.6. The van der Waals surface area contributed by atoms with Crippen molar-refractivity contribution in [2.75, 3.05) is 5.75 Å². The van der Waals surface area contributed by atoms with E-state index in [-0.39, 0.29) is 5.12 Å². The van der Waals surface area contributed by atoms with Crippen LogP contribution in [0.1, 0.15) is 24.6 Å². The number of nitrogens with one attached hydrogen (secondary N) is 1. The Labute approximate surface area is 87.7 Å². The van der Waals surface area contributed by atoms with E-state index in [1.54, 1.807) is 13.1 Å². The molecule has 1 aromatic rings. The van der Waals surface area contributed by atoms with Gasteiger partial charge in [-0.2, -0.15) is 5.10 Å². The molecule has 0 aliphatic rings. The highest BCUT2D eigenvalue weighted by atomic mass is 32.2. The molecule has 0 unspecified atom stereocenters. The molecule has 1 heterocycles. The molecule has 1 rings (SSSR count). The standard InChI is InChI=1S/C10H12N2OS/c1-8-10(7-11-12-8)5-3-4-6-14-9(2)13/h7H,4,6H2,1-2H3,(H,11,12). The van der Waals surface area contributed by atoms with Gasteiger partial charge in [0, 0.05) is 24.8 Å². The number of carbonyl (C=O) groups is 1. The topological polar surface area (TPSA) is 45.8 Å². The Kier molecular flexibility index (Phi) is 4.27. The van der Waals surface area contributed by atoms with Gasteiger partial charge < -0.3 is 0 Å². The predicted molar refractivity (Wildman–Crippen MR) is 58.0 cm³/mol. The number of nitrogens with zero attached hydrogens (tertiary/aromatic N) is 1.